The van der Waals surface area contributed by atoms with E-state index in [0.29, 0.717) is 17.3 Å². The first-order valence-electron chi connectivity index (χ1n) is 4.86. The Kier molecular flexibility index (Phi) is 2.28. The van der Waals surface area contributed by atoms with E-state index in [4.69, 9.17) is 11.0 Å². The third kappa shape index (κ3) is 1.64. The first-order chi connectivity index (χ1) is 6.79. The maximum atomic E-state index is 8.67. The van der Waals surface area contributed by atoms with Crippen molar-refractivity contribution in [3.8, 4) is 6.07 Å². The van der Waals surface area contributed by atoms with Crippen molar-refractivity contribution in [3.63, 3.8) is 0 Å². The minimum Gasteiger partial charge on any atom is -0.397 e. The second-order valence-corrected chi connectivity index (χ2v) is 3.69. The molecule has 1 aromatic carbocycles. The molecule has 3 heteroatoms. The third-order valence-corrected chi connectivity index (χ3v) is 2.65. The molecule has 1 aliphatic carbocycles. The first-order valence-corrected chi connectivity index (χ1v) is 4.86. The molecule has 0 heterocycles. The van der Waals surface area contributed by atoms with Gasteiger partial charge in [0.05, 0.1) is 23.0 Å². The van der Waals surface area contributed by atoms with Crippen LogP contribution in [0.5, 0.6) is 0 Å². The lowest BCUT2D eigenvalue weighted by atomic mass is 9.93. The summed E-state index contributed by atoms with van der Waals surface area (Å²) in [6.45, 7) is 0. The van der Waals surface area contributed by atoms with Crippen LogP contribution >= 0.6 is 0 Å². The second kappa shape index (κ2) is 3.59. The van der Waals surface area contributed by atoms with Crippen LogP contribution in [0.1, 0.15) is 24.8 Å². The molecule has 3 nitrogen and oxygen atoms in total. The van der Waals surface area contributed by atoms with Crippen LogP contribution < -0.4 is 11.1 Å². The van der Waals surface area contributed by atoms with Crippen LogP contribution in [0.4, 0.5) is 11.4 Å². The number of nitrogens with one attached hydrogen (secondary N) is 1. The number of hydrogen-bond donors (Lipinski definition) is 2. The van der Waals surface area contributed by atoms with E-state index in [0.717, 1.165) is 5.69 Å². The van der Waals surface area contributed by atoms with E-state index < -0.39 is 0 Å². The van der Waals surface area contributed by atoms with Crippen molar-refractivity contribution in [3.05, 3.63) is 23.8 Å². The molecule has 0 bridgehead atoms. The SMILES string of the molecule is N#Cc1ccc(NC2CCC2)c(N)c1. The molecule has 0 amide bonds. The van der Waals surface area contributed by atoms with Crippen LogP contribution in [0, 0.1) is 11.3 Å². The van der Waals surface area contributed by atoms with Gasteiger partial charge in [0.15, 0.2) is 0 Å². The Morgan fingerprint density at radius 2 is 2.21 bits per heavy atom. The minimum absolute atomic E-state index is 0.574. The van der Waals surface area contributed by atoms with Gasteiger partial charge in [-0.1, -0.05) is 0 Å². The highest BCUT2D eigenvalue weighted by Gasteiger charge is 2.17. The number of anilines is 2. The number of hydrogen-bond acceptors (Lipinski definition) is 3. The van der Waals surface area contributed by atoms with Gasteiger partial charge >= 0.3 is 0 Å². The van der Waals surface area contributed by atoms with Crippen molar-refractivity contribution >= 4 is 11.4 Å². The fourth-order valence-electron chi connectivity index (χ4n) is 1.54. The molecule has 0 unspecified atom stereocenters. The Balaban J connectivity index is 2.14. The smallest absolute Gasteiger partial charge is 0.0992 e. The molecule has 0 atom stereocenters. The quantitative estimate of drug-likeness (QED) is 0.697. The topological polar surface area (TPSA) is 61.8 Å². The van der Waals surface area contributed by atoms with E-state index >= 15 is 0 Å². The number of benzene rings is 1. The van der Waals surface area contributed by atoms with Crippen molar-refractivity contribution < 1.29 is 0 Å². The van der Waals surface area contributed by atoms with Crippen LogP contribution in [-0.4, -0.2) is 6.04 Å². The lowest BCUT2D eigenvalue weighted by Crippen LogP contribution is -2.27. The van der Waals surface area contributed by atoms with Gasteiger partial charge in [-0.3, -0.25) is 0 Å². The fraction of sp³-hybridized carbons (Fsp3) is 0.364. The van der Waals surface area contributed by atoms with Crippen molar-refractivity contribution in [1.29, 1.82) is 5.26 Å². The Hall–Kier alpha value is -1.69. The molecule has 72 valence electrons. The van der Waals surface area contributed by atoms with Crippen LogP contribution in [0.15, 0.2) is 18.2 Å². The summed E-state index contributed by atoms with van der Waals surface area (Å²) in [7, 11) is 0. The maximum absolute atomic E-state index is 8.67. The van der Waals surface area contributed by atoms with E-state index in [2.05, 4.69) is 11.4 Å². The lowest BCUT2D eigenvalue weighted by Gasteiger charge is -2.28. The van der Waals surface area contributed by atoms with Gasteiger partial charge in [-0.25, -0.2) is 0 Å². The molecule has 1 saturated carbocycles. The van der Waals surface area contributed by atoms with Crippen LogP contribution in [0.25, 0.3) is 0 Å². The number of nitrogen functional groups attached to an aromatic ring is 1. The van der Waals surface area contributed by atoms with E-state index in [1.165, 1.54) is 19.3 Å². The molecule has 1 fully saturated rings. The zero-order chi connectivity index (χ0) is 9.97. The number of nitrogens with zero attached hydrogens (tertiary/aromatic N) is 1. The summed E-state index contributed by atoms with van der Waals surface area (Å²) in [6.07, 6.45) is 3.74. The van der Waals surface area contributed by atoms with E-state index in [1.807, 2.05) is 6.07 Å². The van der Waals surface area contributed by atoms with Crippen molar-refractivity contribution in [1.82, 2.24) is 0 Å². The molecule has 14 heavy (non-hydrogen) atoms. The number of nitrogens with two attached hydrogens (primary N) is 1. The summed E-state index contributed by atoms with van der Waals surface area (Å²) in [4.78, 5) is 0. The van der Waals surface area contributed by atoms with Crippen LogP contribution in [-0.2, 0) is 0 Å². The predicted octanol–water partition coefficient (Wildman–Crippen LogP) is 2.10. The van der Waals surface area contributed by atoms with Gasteiger partial charge in [-0.15, -0.1) is 0 Å². The summed E-state index contributed by atoms with van der Waals surface area (Å²) in [5.74, 6) is 0. The second-order valence-electron chi connectivity index (χ2n) is 3.69. The normalized spacial score (nSPS) is 15.6. The fourth-order valence-corrected chi connectivity index (χ4v) is 1.54. The summed E-state index contributed by atoms with van der Waals surface area (Å²) >= 11 is 0. The van der Waals surface area contributed by atoms with Crippen LogP contribution in [0.3, 0.4) is 0 Å². The number of rotatable bonds is 2. The van der Waals surface area contributed by atoms with Gasteiger partial charge in [0.1, 0.15) is 0 Å². The predicted molar refractivity (Wildman–Crippen MR) is 56.8 cm³/mol. The molecular formula is C11H13N3. The monoisotopic (exact) mass is 187 g/mol. The van der Waals surface area contributed by atoms with Gasteiger partial charge in [-0.2, -0.15) is 5.26 Å². The maximum Gasteiger partial charge on any atom is 0.0992 e. The molecule has 0 aromatic heterocycles. The molecule has 1 aromatic rings. The highest BCUT2D eigenvalue weighted by Crippen LogP contribution is 2.26. The van der Waals surface area contributed by atoms with Gasteiger partial charge < -0.3 is 11.1 Å². The summed E-state index contributed by atoms with van der Waals surface area (Å²) in [5.41, 5.74) is 8.04. The Morgan fingerprint density at radius 1 is 1.43 bits per heavy atom. The molecule has 1 aliphatic rings. The molecule has 0 radical (unpaired) electrons. The molecule has 0 saturated heterocycles. The Bertz CT molecular complexity index is 375. The Labute approximate surface area is 83.5 Å². The molecular weight excluding hydrogens is 174 g/mol. The van der Waals surface area contributed by atoms with Crippen LogP contribution in [0.2, 0.25) is 0 Å². The minimum atomic E-state index is 0.574. The zero-order valence-corrected chi connectivity index (χ0v) is 7.96. The van der Waals surface area contributed by atoms with Crippen molar-refractivity contribution in [2.75, 3.05) is 11.1 Å². The van der Waals surface area contributed by atoms with Crippen molar-refractivity contribution in [2.24, 2.45) is 0 Å². The van der Waals surface area contributed by atoms with E-state index in [-0.39, 0.29) is 0 Å². The van der Waals surface area contributed by atoms with Crippen molar-refractivity contribution in [2.45, 2.75) is 25.3 Å². The van der Waals surface area contributed by atoms with E-state index in [9.17, 15) is 0 Å². The van der Waals surface area contributed by atoms with E-state index in [1.54, 1.807) is 12.1 Å². The van der Waals surface area contributed by atoms with Gasteiger partial charge in [0.2, 0.25) is 0 Å². The molecule has 3 N–H and O–H groups in total. The Morgan fingerprint density at radius 3 is 2.71 bits per heavy atom. The van der Waals surface area contributed by atoms with Gasteiger partial charge in [0, 0.05) is 6.04 Å². The number of nitriles is 1. The van der Waals surface area contributed by atoms with Gasteiger partial charge in [0.25, 0.3) is 0 Å². The largest absolute Gasteiger partial charge is 0.397 e. The summed E-state index contributed by atoms with van der Waals surface area (Å²) < 4.78 is 0. The lowest BCUT2D eigenvalue weighted by molar-refractivity contribution is 0.446. The molecule has 0 aliphatic heterocycles. The highest BCUT2D eigenvalue weighted by molar-refractivity contribution is 5.68. The zero-order valence-electron chi connectivity index (χ0n) is 7.96. The highest BCUT2D eigenvalue weighted by atomic mass is 14.9. The molecule has 2 rings (SSSR count). The average molecular weight is 187 g/mol. The average Bonchev–Trinajstić information content (AvgIpc) is 2.13. The molecule has 0 spiro atoms. The summed E-state index contributed by atoms with van der Waals surface area (Å²) in [5, 5.41) is 12.0. The summed E-state index contributed by atoms with van der Waals surface area (Å²) in [6, 6.07) is 8.02. The third-order valence-electron chi connectivity index (χ3n) is 2.65. The standard InChI is InChI=1S/C11H13N3/c12-7-8-4-5-11(10(13)6-8)14-9-2-1-3-9/h4-6,9,14H,1-3,13H2. The first kappa shape index (κ1) is 8.89. The van der Waals surface area contributed by atoms with Gasteiger partial charge in [-0.05, 0) is 37.5 Å².